The molecule has 0 aliphatic carbocycles. The molecule has 2 heterocycles. The average molecular weight is 596 g/mol. The Morgan fingerprint density at radius 3 is 2.49 bits per heavy atom. The van der Waals surface area contributed by atoms with Gasteiger partial charge >= 0.3 is 19.4 Å². The van der Waals surface area contributed by atoms with E-state index < -0.39 is 80.1 Å². The Kier molecular flexibility index (Phi) is 12.1. The predicted molar refractivity (Wildman–Crippen MR) is 142 cm³/mol. The fourth-order valence-electron chi connectivity index (χ4n) is 3.45. The van der Waals surface area contributed by atoms with Crippen LogP contribution in [0.1, 0.15) is 47.8 Å². The zero-order valence-corrected chi connectivity index (χ0v) is 24.5. The van der Waals surface area contributed by atoms with Gasteiger partial charge in [-0.25, -0.2) is 14.4 Å². The first-order valence-electron chi connectivity index (χ1n) is 12.4. The SMILES string of the molecule is CC(C)OC(=O)[C@@H](C)NP(=O)(OCCSC(=O)C(C)(C)C)OC[C@H]1O[C@@H](n2ccc(=O)[nH]c2=O)[C@H](O)[C@@H]1CO. The maximum atomic E-state index is 13.6. The van der Waals surface area contributed by atoms with Gasteiger partial charge in [-0.05, 0) is 20.8 Å². The van der Waals surface area contributed by atoms with Gasteiger partial charge in [0.2, 0.25) is 0 Å². The minimum absolute atomic E-state index is 0.0913. The molecule has 4 N–H and O–H groups in total. The van der Waals surface area contributed by atoms with Crippen molar-refractivity contribution in [2.24, 2.45) is 11.3 Å². The lowest BCUT2D eigenvalue weighted by atomic mass is 9.99. The van der Waals surface area contributed by atoms with Crippen LogP contribution in [0.25, 0.3) is 0 Å². The van der Waals surface area contributed by atoms with Crippen LogP contribution >= 0.6 is 19.5 Å². The van der Waals surface area contributed by atoms with Crippen LogP contribution in [0, 0.1) is 11.3 Å². The molecular weight excluding hydrogens is 557 g/mol. The molecule has 0 aromatic carbocycles. The van der Waals surface area contributed by atoms with Gasteiger partial charge in [-0.3, -0.25) is 33.0 Å². The third kappa shape index (κ3) is 9.64. The predicted octanol–water partition coefficient (Wildman–Crippen LogP) is 0.780. The minimum Gasteiger partial charge on any atom is -0.462 e. The summed E-state index contributed by atoms with van der Waals surface area (Å²) in [5, 5.41) is 23.0. The van der Waals surface area contributed by atoms with Gasteiger partial charge in [-0.2, -0.15) is 0 Å². The maximum Gasteiger partial charge on any atom is 0.406 e. The van der Waals surface area contributed by atoms with E-state index >= 15 is 0 Å². The Morgan fingerprint density at radius 2 is 1.92 bits per heavy atom. The van der Waals surface area contributed by atoms with Gasteiger partial charge in [-0.1, -0.05) is 32.5 Å². The molecule has 6 atom stereocenters. The molecule has 0 radical (unpaired) electrons. The molecule has 1 unspecified atom stereocenters. The number of hydrogen-bond donors (Lipinski definition) is 4. The van der Waals surface area contributed by atoms with Crippen molar-refractivity contribution in [2.75, 3.05) is 25.6 Å². The third-order valence-corrected chi connectivity index (χ3v) is 8.48. The molecule has 1 aliphatic heterocycles. The van der Waals surface area contributed by atoms with Gasteiger partial charge in [0.15, 0.2) is 11.3 Å². The van der Waals surface area contributed by atoms with Crippen LogP contribution in [0.15, 0.2) is 21.9 Å². The van der Waals surface area contributed by atoms with Crippen molar-refractivity contribution < 1.29 is 42.9 Å². The number of esters is 1. The van der Waals surface area contributed by atoms with Crippen molar-refractivity contribution in [3.63, 3.8) is 0 Å². The topological polar surface area (TPSA) is 195 Å². The number of hydrogen-bond acceptors (Lipinski definition) is 12. The van der Waals surface area contributed by atoms with Crippen LogP contribution in [0.3, 0.4) is 0 Å². The fraction of sp³-hybridized carbons (Fsp3) is 0.739. The summed E-state index contributed by atoms with van der Waals surface area (Å²) in [5.74, 6) is -1.50. The molecule has 39 heavy (non-hydrogen) atoms. The van der Waals surface area contributed by atoms with E-state index in [2.05, 4.69) is 10.1 Å². The Labute approximate surface area is 230 Å². The summed E-state index contributed by atoms with van der Waals surface area (Å²) in [4.78, 5) is 50.1. The van der Waals surface area contributed by atoms with Crippen LogP contribution in [-0.4, -0.2) is 80.8 Å². The first-order chi connectivity index (χ1) is 18.1. The zero-order chi connectivity index (χ0) is 29.5. The Hall–Kier alpha value is -1.84. The molecule has 222 valence electrons. The number of thioether (sulfide) groups is 1. The summed E-state index contributed by atoms with van der Waals surface area (Å²) in [5.41, 5.74) is -2.05. The maximum absolute atomic E-state index is 13.6. The monoisotopic (exact) mass is 595 g/mol. The minimum atomic E-state index is -4.23. The Bertz CT molecular complexity index is 1150. The number of aliphatic hydroxyl groups is 2. The van der Waals surface area contributed by atoms with Gasteiger partial charge < -0.3 is 19.7 Å². The lowest BCUT2D eigenvalue weighted by molar-refractivity contribution is -0.149. The first kappa shape index (κ1) is 33.4. The molecule has 0 bridgehead atoms. The van der Waals surface area contributed by atoms with Crippen molar-refractivity contribution in [3.05, 3.63) is 33.1 Å². The molecule has 0 amide bonds. The van der Waals surface area contributed by atoms with Crippen LogP contribution < -0.4 is 16.3 Å². The van der Waals surface area contributed by atoms with Gasteiger partial charge in [0.05, 0.1) is 32.0 Å². The van der Waals surface area contributed by atoms with Gasteiger partial charge in [-0.15, -0.1) is 0 Å². The molecule has 2 rings (SSSR count). The van der Waals surface area contributed by atoms with Crippen LogP contribution in [0.5, 0.6) is 0 Å². The lowest BCUT2D eigenvalue weighted by Gasteiger charge is -2.25. The highest BCUT2D eigenvalue weighted by molar-refractivity contribution is 8.13. The summed E-state index contributed by atoms with van der Waals surface area (Å²) < 4.78 is 36.5. The molecule has 16 heteroatoms. The van der Waals surface area contributed by atoms with Crippen molar-refractivity contribution in [1.82, 2.24) is 14.6 Å². The molecule has 1 saturated heterocycles. The second-order valence-corrected chi connectivity index (χ2v) is 13.1. The number of carbonyl (C=O) groups excluding carboxylic acids is 2. The number of H-pyrrole nitrogens is 1. The molecule has 14 nitrogen and oxygen atoms in total. The third-order valence-electron chi connectivity index (χ3n) is 5.51. The smallest absolute Gasteiger partial charge is 0.406 e. The van der Waals surface area contributed by atoms with E-state index in [1.807, 2.05) is 0 Å². The molecular formula is C23H38N3O11PS. The number of nitrogens with zero attached hydrogens (tertiary/aromatic N) is 1. The number of aliphatic hydroxyl groups excluding tert-OH is 2. The van der Waals surface area contributed by atoms with Crippen LogP contribution in [0.4, 0.5) is 0 Å². The molecule has 1 aliphatic rings. The lowest BCUT2D eigenvalue weighted by Crippen LogP contribution is -2.37. The van der Waals surface area contributed by atoms with Gasteiger partial charge in [0.25, 0.3) is 5.56 Å². The van der Waals surface area contributed by atoms with Gasteiger partial charge in [0.1, 0.15) is 12.1 Å². The highest BCUT2D eigenvalue weighted by Gasteiger charge is 2.46. The van der Waals surface area contributed by atoms with Crippen molar-refractivity contribution in [3.8, 4) is 0 Å². The highest BCUT2D eigenvalue weighted by atomic mass is 32.2. The Balaban J connectivity index is 2.15. The number of ether oxygens (including phenoxy) is 2. The quantitative estimate of drug-likeness (QED) is 0.142. The van der Waals surface area contributed by atoms with E-state index in [0.717, 1.165) is 28.6 Å². The largest absolute Gasteiger partial charge is 0.462 e. The summed E-state index contributed by atoms with van der Waals surface area (Å²) in [7, 11) is -4.23. The van der Waals surface area contributed by atoms with Crippen LogP contribution in [0.2, 0.25) is 0 Å². The van der Waals surface area contributed by atoms with Crippen LogP contribution in [-0.2, 0) is 32.7 Å². The fourth-order valence-corrected chi connectivity index (χ4v) is 5.84. The number of nitrogens with one attached hydrogen (secondary N) is 2. The Morgan fingerprint density at radius 1 is 1.26 bits per heavy atom. The van der Waals surface area contributed by atoms with E-state index in [1.54, 1.807) is 34.6 Å². The summed E-state index contributed by atoms with van der Waals surface area (Å²) in [6.45, 7) is 8.81. The molecule has 1 aromatic heterocycles. The standard InChI is InChI=1S/C23H38N3O11PS/c1-13(2)36-20(30)14(3)25-38(33,34-9-10-39-21(31)23(4,5)6)35-12-16-15(11-27)18(29)19(37-16)26-8-7-17(28)24-22(26)32/h7-8,13-16,18-19,27,29H,9-12H2,1-6H3,(H,25,33)(H,24,28,32)/t14-,15-,16-,18-,19-,38?/m1/s1. The second-order valence-electron chi connectivity index (χ2n) is 10.3. The average Bonchev–Trinajstić information content (AvgIpc) is 3.14. The molecule has 0 spiro atoms. The zero-order valence-electron chi connectivity index (χ0n) is 22.8. The normalized spacial score (nSPS) is 23.9. The highest BCUT2D eigenvalue weighted by Crippen LogP contribution is 2.46. The van der Waals surface area contributed by atoms with Gasteiger partial charge in [0, 0.05) is 29.3 Å². The van der Waals surface area contributed by atoms with E-state index in [9.17, 15) is 34.0 Å². The molecule has 1 aromatic rings. The number of aromatic nitrogens is 2. The van der Waals surface area contributed by atoms with Crippen molar-refractivity contribution in [1.29, 1.82) is 0 Å². The van der Waals surface area contributed by atoms with E-state index in [0.29, 0.717) is 0 Å². The number of rotatable bonds is 13. The number of aromatic amines is 1. The summed E-state index contributed by atoms with van der Waals surface area (Å²) in [6, 6.07) is -0.0281. The number of carbonyl (C=O) groups is 2. The van der Waals surface area contributed by atoms with E-state index in [-0.39, 0.29) is 17.5 Å². The molecule has 0 saturated carbocycles. The summed E-state index contributed by atoms with van der Waals surface area (Å²) in [6.07, 6.45) is -2.98. The van der Waals surface area contributed by atoms with E-state index in [4.69, 9.17) is 18.5 Å². The summed E-state index contributed by atoms with van der Waals surface area (Å²) >= 11 is 0.997. The van der Waals surface area contributed by atoms with Crippen molar-refractivity contribution >= 4 is 30.6 Å². The second kappa shape index (κ2) is 14.2. The molecule has 1 fully saturated rings. The van der Waals surface area contributed by atoms with E-state index in [1.165, 1.54) is 6.92 Å². The van der Waals surface area contributed by atoms with Crippen molar-refractivity contribution in [2.45, 2.75) is 72.1 Å². The first-order valence-corrected chi connectivity index (χ1v) is 14.9.